The number of imidazole rings is 1. The average Bonchev–Trinajstić information content (AvgIpc) is 3.33. The summed E-state index contributed by atoms with van der Waals surface area (Å²) in [5, 5.41) is 4.15. The van der Waals surface area contributed by atoms with Gasteiger partial charge in [0.25, 0.3) is 6.43 Å². The minimum Gasteiger partial charge on any atom is -0.341 e. The second-order valence-corrected chi connectivity index (χ2v) is 8.29. The Morgan fingerprint density at radius 1 is 1.12 bits per heavy atom. The molecule has 5 rings (SSSR count). The zero-order valence-electron chi connectivity index (χ0n) is 18.3. The summed E-state index contributed by atoms with van der Waals surface area (Å²) in [6.45, 7) is 3.25. The lowest BCUT2D eigenvalue weighted by atomic mass is 9.93. The minimum absolute atomic E-state index is 0.00917. The van der Waals surface area contributed by atoms with Crippen LogP contribution in [0.15, 0.2) is 47.5 Å². The number of benzene rings is 2. The van der Waals surface area contributed by atoms with Gasteiger partial charge >= 0.3 is 5.69 Å². The first-order valence-corrected chi connectivity index (χ1v) is 10.8. The number of hydrogen-bond acceptors (Lipinski definition) is 3. The Kier molecular flexibility index (Phi) is 4.87. The van der Waals surface area contributed by atoms with Crippen LogP contribution >= 0.6 is 0 Å². The van der Waals surface area contributed by atoms with E-state index in [9.17, 15) is 13.6 Å². The molecule has 3 heterocycles. The summed E-state index contributed by atoms with van der Waals surface area (Å²) in [5.41, 5.74) is 5.65. The van der Waals surface area contributed by atoms with Crippen molar-refractivity contribution in [2.24, 2.45) is 14.1 Å². The molecule has 1 aliphatic heterocycles. The predicted molar refractivity (Wildman–Crippen MR) is 122 cm³/mol. The molecule has 1 aliphatic rings. The fraction of sp³-hybridized carbons (Fsp3) is 0.333. The number of aromatic nitrogens is 4. The van der Waals surface area contributed by atoms with Crippen molar-refractivity contribution < 1.29 is 8.78 Å². The Hall–Kier alpha value is -3.42. The highest BCUT2D eigenvalue weighted by Crippen LogP contribution is 2.41. The number of nitrogens with zero attached hydrogens (tertiary/aromatic N) is 5. The van der Waals surface area contributed by atoms with Gasteiger partial charge in [0.05, 0.1) is 17.2 Å². The largest absolute Gasteiger partial charge is 0.341 e. The minimum atomic E-state index is -2.60. The Morgan fingerprint density at radius 2 is 1.94 bits per heavy atom. The molecule has 0 unspecified atom stereocenters. The molecule has 2 aromatic heterocycles. The van der Waals surface area contributed by atoms with Crippen LogP contribution in [0.3, 0.4) is 0 Å². The molecule has 0 saturated carbocycles. The molecule has 8 heteroatoms. The van der Waals surface area contributed by atoms with Gasteiger partial charge in [0.15, 0.2) is 0 Å². The van der Waals surface area contributed by atoms with Crippen LogP contribution in [0.1, 0.15) is 30.9 Å². The summed E-state index contributed by atoms with van der Waals surface area (Å²) in [5.74, 6) is 0. The lowest BCUT2D eigenvalue weighted by Gasteiger charge is -2.32. The van der Waals surface area contributed by atoms with Gasteiger partial charge in [-0.1, -0.05) is 0 Å². The Balaban J connectivity index is 1.66. The van der Waals surface area contributed by atoms with Crippen LogP contribution in [0.5, 0.6) is 0 Å². The van der Waals surface area contributed by atoms with Gasteiger partial charge < -0.3 is 4.90 Å². The van der Waals surface area contributed by atoms with Gasteiger partial charge in [-0.15, -0.1) is 0 Å². The van der Waals surface area contributed by atoms with Crippen molar-refractivity contribution in [3.8, 4) is 11.1 Å². The summed E-state index contributed by atoms with van der Waals surface area (Å²) < 4.78 is 33.2. The molecule has 2 aromatic carbocycles. The maximum absolute atomic E-state index is 14.1. The summed E-state index contributed by atoms with van der Waals surface area (Å²) in [4.78, 5) is 14.6. The highest BCUT2D eigenvalue weighted by atomic mass is 19.3. The topological polar surface area (TPSA) is 48.0 Å². The van der Waals surface area contributed by atoms with Gasteiger partial charge in [-0.25, -0.2) is 13.6 Å². The third-order valence-electron chi connectivity index (χ3n) is 6.38. The monoisotopic (exact) mass is 437 g/mol. The van der Waals surface area contributed by atoms with E-state index in [0.717, 1.165) is 47.4 Å². The molecule has 4 aromatic rings. The Bertz CT molecular complexity index is 1380. The van der Waals surface area contributed by atoms with E-state index in [1.165, 1.54) is 0 Å². The molecular weight excluding hydrogens is 412 g/mol. The van der Waals surface area contributed by atoms with Crippen LogP contribution in [0.25, 0.3) is 22.2 Å². The predicted octanol–water partition coefficient (Wildman–Crippen LogP) is 4.78. The molecule has 0 amide bonds. The highest BCUT2D eigenvalue weighted by Gasteiger charge is 2.25. The van der Waals surface area contributed by atoms with Gasteiger partial charge in [-0.2, -0.15) is 5.10 Å². The summed E-state index contributed by atoms with van der Waals surface area (Å²) >= 11 is 0. The van der Waals surface area contributed by atoms with Crippen molar-refractivity contribution in [3.05, 3.63) is 64.3 Å². The maximum Gasteiger partial charge on any atom is 0.328 e. The number of alkyl halides is 2. The van der Waals surface area contributed by atoms with Gasteiger partial charge in [-0.3, -0.25) is 13.8 Å². The molecule has 6 nitrogen and oxygen atoms in total. The molecule has 0 bridgehead atoms. The normalized spacial score (nSPS) is 13.9. The fourth-order valence-corrected chi connectivity index (χ4v) is 4.78. The number of aryl methyl sites for hydroxylation is 4. The van der Waals surface area contributed by atoms with E-state index in [-0.39, 0.29) is 11.3 Å². The average molecular weight is 437 g/mol. The van der Waals surface area contributed by atoms with Gasteiger partial charge in [0.2, 0.25) is 0 Å². The standard InChI is InChI=1S/C24H25F2N5O/c1-4-30-22-11-17(7-8-20(22)29(3)24(30)32)31-9-5-6-15-10-18(16-13-27-28(2)14-16)19(23(25)26)12-21(15)31/h7-8,10-14,23H,4-6,9H2,1-3H3. The lowest BCUT2D eigenvalue weighted by Crippen LogP contribution is -2.25. The van der Waals surface area contributed by atoms with E-state index in [0.29, 0.717) is 17.7 Å². The highest BCUT2D eigenvalue weighted by molar-refractivity contribution is 5.84. The zero-order chi connectivity index (χ0) is 22.6. The SMILES string of the molecule is CCn1c(=O)n(C)c2ccc(N3CCCc4cc(-c5cnn(C)c5)c(C(F)F)cc43)cc21. The maximum atomic E-state index is 14.1. The molecule has 166 valence electrons. The van der Waals surface area contributed by atoms with E-state index in [1.807, 2.05) is 31.2 Å². The third-order valence-corrected chi connectivity index (χ3v) is 6.38. The van der Waals surface area contributed by atoms with E-state index in [2.05, 4.69) is 10.00 Å². The third kappa shape index (κ3) is 3.13. The number of anilines is 2. The van der Waals surface area contributed by atoms with Crippen molar-refractivity contribution in [2.45, 2.75) is 32.7 Å². The molecule has 0 fully saturated rings. The first kappa shape index (κ1) is 20.5. The van der Waals surface area contributed by atoms with E-state index >= 15 is 0 Å². The first-order chi connectivity index (χ1) is 15.4. The Morgan fingerprint density at radius 3 is 2.62 bits per heavy atom. The van der Waals surface area contributed by atoms with Crippen LogP contribution in [0, 0.1) is 0 Å². The zero-order valence-corrected chi connectivity index (χ0v) is 18.3. The van der Waals surface area contributed by atoms with Crippen LogP contribution < -0.4 is 10.6 Å². The smallest absolute Gasteiger partial charge is 0.328 e. The molecule has 0 saturated heterocycles. The molecular formula is C24H25F2N5O. The number of fused-ring (bicyclic) bond motifs is 2. The molecule has 0 aliphatic carbocycles. The van der Waals surface area contributed by atoms with E-state index < -0.39 is 6.43 Å². The van der Waals surface area contributed by atoms with Crippen LogP contribution in [-0.4, -0.2) is 25.5 Å². The Labute approximate surface area is 184 Å². The van der Waals surface area contributed by atoms with E-state index in [1.54, 1.807) is 46.4 Å². The summed E-state index contributed by atoms with van der Waals surface area (Å²) in [7, 11) is 3.54. The molecule has 0 N–H and O–H groups in total. The molecule has 0 radical (unpaired) electrons. The second-order valence-electron chi connectivity index (χ2n) is 8.29. The lowest BCUT2D eigenvalue weighted by molar-refractivity contribution is 0.152. The van der Waals surface area contributed by atoms with Crippen LogP contribution in [-0.2, 0) is 27.1 Å². The molecule has 0 spiro atoms. The van der Waals surface area contributed by atoms with Gasteiger partial charge in [-0.05, 0) is 61.2 Å². The van der Waals surface area contributed by atoms with Crippen LogP contribution in [0.2, 0.25) is 0 Å². The number of hydrogen-bond donors (Lipinski definition) is 0. The van der Waals surface area contributed by atoms with Crippen LogP contribution in [0.4, 0.5) is 20.2 Å². The number of halogens is 2. The van der Waals surface area contributed by atoms with Crippen molar-refractivity contribution in [1.82, 2.24) is 18.9 Å². The van der Waals surface area contributed by atoms with Crippen molar-refractivity contribution in [3.63, 3.8) is 0 Å². The van der Waals surface area contributed by atoms with Gasteiger partial charge in [0, 0.05) is 55.9 Å². The number of rotatable bonds is 4. The van der Waals surface area contributed by atoms with E-state index in [4.69, 9.17) is 0 Å². The van der Waals surface area contributed by atoms with Crippen molar-refractivity contribution >= 4 is 22.4 Å². The molecule has 32 heavy (non-hydrogen) atoms. The second kappa shape index (κ2) is 7.62. The summed E-state index contributed by atoms with van der Waals surface area (Å²) in [6, 6.07) is 9.41. The quantitative estimate of drug-likeness (QED) is 0.462. The van der Waals surface area contributed by atoms with Crippen molar-refractivity contribution in [1.29, 1.82) is 0 Å². The summed E-state index contributed by atoms with van der Waals surface area (Å²) in [6.07, 6.45) is 2.54. The van der Waals surface area contributed by atoms with Gasteiger partial charge in [0.1, 0.15) is 0 Å². The molecule has 0 atom stereocenters. The van der Waals surface area contributed by atoms with Crippen molar-refractivity contribution in [2.75, 3.05) is 11.4 Å². The first-order valence-electron chi connectivity index (χ1n) is 10.8. The fourth-order valence-electron chi connectivity index (χ4n) is 4.78.